The van der Waals surface area contributed by atoms with Crippen molar-refractivity contribution in [2.75, 3.05) is 33.1 Å². The Bertz CT molecular complexity index is 1230. The summed E-state index contributed by atoms with van der Waals surface area (Å²) in [5.41, 5.74) is 7.94. The number of carboxylic acid groups (broad SMARTS) is 1. The standard InChI is InChI=1S/C28H31N2O.C2H4O2/c1-28(2)19-25(24-9-7-8-10-26(24)31-28)27(20-11-15-22(16-12-20)29(3)4)21-13-17-23(18-14-21)30(5)6;1-2(3)4/h7-19H,1-6H3;1H3,(H,3,4)/q+1;/p-1. The minimum Gasteiger partial charge on any atom is -0.550 e. The maximum Gasteiger partial charge on any atom is 0.199 e. The van der Waals surface area contributed by atoms with Crippen LogP contribution in [-0.4, -0.2) is 50.0 Å². The summed E-state index contributed by atoms with van der Waals surface area (Å²) in [5.74, 6) is -0.155. The molecule has 5 nitrogen and oxygen atoms in total. The van der Waals surface area contributed by atoms with Crippen molar-refractivity contribution in [3.63, 3.8) is 0 Å². The fourth-order valence-electron chi connectivity index (χ4n) is 4.05. The molecule has 0 atom stereocenters. The molecule has 0 spiro atoms. The van der Waals surface area contributed by atoms with Gasteiger partial charge in [-0.05, 0) is 79.5 Å². The molecule has 2 aromatic rings. The van der Waals surface area contributed by atoms with E-state index in [1.807, 2.05) is 6.07 Å². The number of rotatable bonds is 3. The number of ether oxygens (including phenoxy) is 1. The number of para-hydroxylation sites is 1. The van der Waals surface area contributed by atoms with Crippen LogP contribution in [0.3, 0.4) is 0 Å². The number of carboxylic acids is 1. The van der Waals surface area contributed by atoms with E-state index in [-0.39, 0.29) is 5.60 Å². The summed E-state index contributed by atoms with van der Waals surface area (Å²) >= 11 is 0. The highest BCUT2D eigenvalue weighted by Crippen LogP contribution is 2.44. The second kappa shape index (κ2) is 10.6. The van der Waals surface area contributed by atoms with E-state index < -0.39 is 5.97 Å². The van der Waals surface area contributed by atoms with Crippen molar-refractivity contribution in [3.05, 3.63) is 95.6 Å². The van der Waals surface area contributed by atoms with Crippen molar-refractivity contribution in [1.29, 1.82) is 0 Å². The first-order valence-corrected chi connectivity index (χ1v) is 11.6. The van der Waals surface area contributed by atoms with Crippen LogP contribution in [0.1, 0.15) is 31.9 Å². The first-order chi connectivity index (χ1) is 16.5. The summed E-state index contributed by atoms with van der Waals surface area (Å²) in [5, 5.41) is 8.89. The third-order valence-electron chi connectivity index (χ3n) is 5.66. The highest BCUT2D eigenvalue weighted by Gasteiger charge is 2.29. The Morgan fingerprint density at radius 3 is 2.06 bits per heavy atom. The van der Waals surface area contributed by atoms with Gasteiger partial charge < -0.3 is 19.5 Å². The van der Waals surface area contributed by atoms with Crippen molar-refractivity contribution in [3.8, 4) is 5.75 Å². The van der Waals surface area contributed by atoms with E-state index >= 15 is 0 Å². The molecule has 0 bridgehead atoms. The molecule has 0 unspecified atom stereocenters. The molecular weight excluding hydrogens is 436 g/mol. The van der Waals surface area contributed by atoms with Gasteiger partial charge in [0.1, 0.15) is 25.4 Å². The van der Waals surface area contributed by atoms with Crippen molar-refractivity contribution in [2.45, 2.75) is 26.4 Å². The quantitative estimate of drug-likeness (QED) is 0.626. The number of hydrogen-bond donors (Lipinski definition) is 0. The molecule has 2 aliphatic rings. The fourth-order valence-corrected chi connectivity index (χ4v) is 4.05. The van der Waals surface area contributed by atoms with Crippen molar-refractivity contribution in [2.24, 2.45) is 0 Å². The SMILES string of the molecule is CC(=O)[O-].CN(C)c1ccc(C(C2=CC(C)(C)Oc3ccccc32)=C2C=CC(=[N+](C)C)C=C2)cc1. The van der Waals surface area contributed by atoms with Crippen LogP contribution in [-0.2, 0) is 4.79 Å². The number of nitrogens with zero attached hydrogens (tertiary/aromatic N) is 2. The van der Waals surface area contributed by atoms with Gasteiger partial charge in [0.25, 0.3) is 0 Å². The van der Waals surface area contributed by atoms with E-state index in [1.165, 1.54) is 33.7 Å². The van der Waals surface area contributed by atoms with Gasteiger partial charge in [0.2, 0.25) is 0 Å². The molecule has 4 rings (SSSR count). The minimum absolute atomic E-state index is 0.387. The van der Waals surface area contributed by atoms with Crippen LogP contribution in [0.25, 0.3) is 11.1 Å². The van der Waals surface area contributed by atoms with Crippen LogP contribution in [0, 0.1) is 0 Å². The second-order valence-corrected chi connectivity index (χ2v) is 9.51. The zero-order chi connectivity index (χ0) is 25.8. The number of carbonyl (C=O) groups is 1. The Labute approximate surface area is 208 Å². The molecule has 1 aliphatic carbocycles. The van der Waals surface area contributed by atoms with Crippen LogP contribution in [0.15, 0.2) is 84.5 Å². The number of hydrogen-bond acceptors (Lipinski definition) is 4. The second-order valence-electron chi connectivity index (χ2n) is 9.51. The Balaban J connectivity index is 0.000000795. The molecule has 0 radical (unpaired) electrons. The molecule has 2 aromatic carbocycles. The summed E-state index contributed by atoms with van der Waals surface area (Å²) in [7, 11) is 8.28. The molecule has 5 heteroatoms. The van der Waals surface area contributed by atoms with Gasteiger partial charge in [0.05, 0.1) is 0 Å². The van der Waals surface area contributed by atoms with Gasteiger partial charge in [-0.2, -0.15) is 0 Å². The lowest BCUT2D eigenvalue weighted by Gasteiger charge is -2.32. The zero-order valence-corrected chi connectivity index (χ0v) is 21.6. The number of allylic oxidation sites excluding steroid dienone is 7. The number of aliphatic carboxylic acids is 1. The minimum atomic E-state index is -1.08. The summed E-state index contributed by atoms with van der Waals surface area (Å²) in [4.78, 5) is 11.0. The molecular formula is C30H34N2O3. The van der Waals surface area contributed by atoms with E-state index in [0.717, 1.165) is 18.2 Å². The van der Waals surface area contributed by atoms with Gasteiger partial charge in [0.15, 0.2) is 5.71 Å². The molecule has 0 saturated carbocycles. The Morgan fingerprint density at radius 2 is 1.51 bits per heavy atom. The summed E-state index contributed by atoms with van der Waals surface area (Å²) < 4.78 is 8.40. The average molecular weight is 471 g/mol. The van der Waals surface area contributed by atoms with Gasteiger partial charge in [-0.1, -0.05) is 30.3 Å². The highest BCUT2D eigenvalue weighted by atomic mass is 16.5. The molecule has 0 saturated heterocycles. The number of benzene rings is 2. The lowest BCUT2D eigenvalue weighted by atomic mass is 9.83. The molecule has 1 aliphatic heterocycles. The maximum absolute atomic E-state index is 8.89. The predicted octanol–water partition coefficient (Wildman–Crippen LogP) is 4.36. The summed E-state index contributed by atoms with van der Waals surface area (Å²) in [6, 6.07) is 17.1. The van der Waals surface area contributed by atoms with Gasteiger partial charge in [-0.15, -0.1) is 0 Å². The van der Waals surface area contributed by atoms with Crippen molar-refractivity contribution in [1.82, 2.24) is 0 Å². The number of anilines is 1. The van der Waals surface area contributed by atoms with Gasteiger partial charge in [0, 0.05) is 43.5 Å². The van der Waals surface area contributed by atoms with Gasteiger partial charge >= 0.3 is 0 Å². The Morgan fingerprint density at radius 1 is 0.943 bits per heavy atom. The maximum atomic E-state index is 8.89. The van der Waals surface area contributed by atoms with Gasteiger partial charge in [-0.25, -0.2) is 4.58 Å². The molecule has 35 heavy (non-hydrogen) atoms. The molecule has 0 N–H and O–H groups in total. The first-order valence-electron chi connectivity index (χ1n) is 11.6. The molecule has 0 amide bonds. The van der Waals surface area contributed by atoms with Crippen LogP contribution in [0.5, 0.6) is 5.75 Å². The van der Waals surface area contributed by atoms with Crippen LogP contribution < -0.4 is 14.7 Å². The average Bonchev–Trinajstić information content (AvgIpc) is 2.79. The summed E-state index contributed by atoms with van der Waals surface area (Å²) in [6.45, 7) is 5.20. The van der Waals surface area contributed by atoms with E-state index in [0.29, 0.717) is 0 Å². The van der Waals surface area contributed by atoms with Crippen LogP contribution in [0.4, 0.5) is 5.69 Å². The smallest absolute Gasteiger partial charge is 0.199 e. The summed E-state index contributed by atoms with van der Waals surface area (Å²) in [6.07, 6.45) is 11.1. The zero-order valence-electron chi connectivity index (χ0n) is 21.6. The lowest BCUT2D eigenvalue weighted by molar-refractivity contribution is -0.462. The number of fused-ring (bicyclic) bond motifs is 1. The monoisotopic (exact) mass is 470 g/mol. The number of carbonyl (C=O) groups excluding carboxylic acids is 1. The largest absolute Gasteiger partial charge is 0.550 e. The molecule has 0 fully saturated rings. The molecule has 0 aromatic heterocycles. The normalized spacial score (nSPS) is 15.2. The van der Waals surface area contributed by atoms with Gasteiger partial charge in [-0.3, -0.25) is 0 Å². The van der Waals surface area contributed by atoms with E-state index in [2.05, 4.69) is 124 Å². The molecule has 1 heterocycles. The van der Waals surface area contributed by atoms with Crippen molar-refractivity contribution >= 4 is 28.5 Å². The van der Waals surface area contributed by atoms with E-state index in [9.17, 15) is 0 Å². The fraction of sp³-hybridized carbons (Fsp3) is 0.267. The molecule has 182 valence electrons. The topological polar surface area (TPSA) is 55.6 Å². The Kier molecular flexibility index (Phi) is 7.80. The van der Waals surface area contributed by atoms with E-state index in [4.69, 9.17) is 14.6 Å². The van der Waals surface area contributed by atoms with Crippen LogP contribution >= 0.6 is 0 Å². The van der Waals surface area contributed by atoms with E-state index in [1.54, 1.807) is 0 Å². The third kappa shape index (κ3) is 6.38. The first kappa shape index (κ1) is 25.8. The predicted molar refractivity (Wildman–Crippen MR) is 143 cm³/mol. The lowest BCUT2D eigenvalue weighted by Crippen LogP contribution is -2.29. The highest BCUT2D eigenvalue weighted by molar-refractivity contribution is 6.11. The third-order valence-corrected chi connectivity index (χ3v) is 5.66. The van der Waals surface area contributed by atoms with Crippen LogP contribution in [0.2, 0.25) is 0 Å². The van der Waals surface area contributed by atoms with Crippen molar-refractivity contribution < 1.29 is 19.2 Å². The Hall–Kier alpha value is -3.86.